The van der Waals surface area contributed by atoms with Gasteiger partial charge in [0.2, 0.25) is 0 Å². The number of para-hydroxylation sites is 1. The minimum absolute atomic E-state index is 0. The smallest absolute Gasteiger partial charge is 0.0225 e. The van der Waals surface area contributed by atoms with Crippen LogP contribution in [0.4, 0.5) is 0 Å². The van der Waals surface area contributed by atoms with E-state index in [1.807, 2.05) is 24.3 Å². The largest absolute Gasteiger partial charge is 0.366 e. The Balaban J connectivity index is 0.00000120. The van der Waals surface area contributed by atoms with Crippen LogP contribution in [0.3, 0.4) is 0 Å². The first-order valence-corrected chi connectivity index (χ1v) is 5.55. The zero-order valence-electron chi connectivity index (χ0n) is 10.1. The van der Waals surface area contributed by atoms with Crippen molar-refractivity contribution in [1.29, 1.82) is 0 Å². The van der Waals surface area contributed by atoms with Crippen LogP contribution in [-0.4, -0.2) is 9.97 Å². The van der Waals surface area contributed by atoms with E-state index >= 15 is 0 Å². The zero-order chi connectivity index (χ0) is 11.7. The van der Waals surface area contributed by atoms with Crippen molar-refractivity contribution in [2.45, 2.75) is 6.92 Å². The summed E-state index contributed by atoms with van der Waals surface area (Å²) in [6.07, 6.45) is 2.74. The van der Waals surface area contributed by atoms with Gasteiger partial charge in [-0.25, -0.2) is 0 Å². The maximum Gasteiger partial charge on any atom is 0.0225 e. The van der Waals surface area contributed by atoms with Crippen molar-refractivity contribution in [2.75, 3.05) is 0 Å². The van der Waals surface area contributed by atoms with Gasteiger partial charge < -0.3 is 9.97 Å². The van der Waals surface area contributed by atoms with Gasteiger partial charge in [-0.3, -0.25) is 0 Å². The van der Waals surface area contributed by atoms with Crippen molar-refractivity contribution in [3.05, 3.63) is 60.4 Å². The van der Waals surface area contributed by atoms with E-state index in [0.717, 1.165) is 27.7 Å². The Bertz CT molecular complexity index is 666. The number of nitrogens with zero attached hydrogens (tertiary/aromatic N) is 2. The number of aryl methyl sites for hydroxylation is 1. The Kier molecular flexibility index (Phi) is 4.20. The van der Waals surface area contributed by atoms with Crippen molar-refractivity contribution in [1.82, 2.24) is 9.97 Å². The van der Waals surface area contributed by atoms with Crippen molar-refractivity contribution >= 4 is 10.9 Å². The fourth-order valence-corrected chi connectivity index (χ4v) is 2.00. The Morgan fingerprint density at radius 1 is 0.889 bits per heavy atom. The average molecular weight is 308 g/mol. The van der Waals surface area contributed by atoms with Gasteiger partial charge in [-0.2, -0.15) is 0 Å². The van der Waals surface area contributed by atoms with Crippen LogP contribution in [0.1, 0.15) is 5.56 Å². The number of aromatic nitrogens is 2. The summed E-state index contributed by atoms with van der Waals surface area (Å²) in [5.41, 5.74) is 4.17. The van der Waals surface area contributed by atoms with Gasteiger partial charge >= 0.3 is 0 Å². The van der Waals surface area contributed by atoms with E-state index in [4.69, 9.17) is 0 Å². The van der Waals surface area contributed by atoms with Crippen LogP contribution in [0.15, 0.2) is 48.5 Å². The fourth-order valence-electron chi connectivity index (χ4n) is 2.00. The zero-order valence-corrected chi connectivity index (χ0v) is 12.9. The molecule has 3 rings (SSSR count). The summed E-state index contributed by atoms with van der Waals surface area (Å²) in [5, 5.41) is 1.08. The summed E-state index contributed by atoms with van der Waals surface area (Å²) in [5.74, 6) is 0. The van der Waals surface area contributed by atoms with E-state index in [2.05, 4.69) is 47.5 Å². The molecule has 0 unspecified atom stereocenters. The van der Waals surface area contributed by atoms with Crippen LogP contribution >= 0.6 is 0 Å². The monoisotopic (exact) mass is 308 g/mol. The molecule has 0 bridgehead atoms. The van der Waals surface area contributed by atoms with Crippen molar-refractivity contribution < 1.29 is 32.7 Å². The number of rotatable bonds is 1. The molecular formula is C15H11N2Y-. The summed E-state index contributed by atoms with van der Waals surface area (Å²) in [6, 6.07) is 16.3. The third kappa shape index (κ3) is 2.36. The average Bonchev–Trinajstić information content (AvgIpc) is 2.40. The summed E-state index contributed by atoms with van der Waals surface area (Å²) >= 11 is 0. The maximum absolute atomic E-state index is 4.28. The minimum atomic E-state index is 0. The summed E-state index contributed by atoms with van der Waals surface area (Å²) in [6.45, 7) is 2.05. The second kappa shape index (κ2) is 5.68. The predicted octanol–water partition coefficient (Wildman–Crippen LogP) is 3.40. The van der Waals surface area contributed by atoms with Crippen LogP contribution in [0.5, 0.6) is 0 Å². The van der Waals surface area contributed by atoms with Gasteiger partial charge in [-0.15, -0.1) is 0 Å². The van der Waals surface area contributed by atoms with Crippen LogP contribution in [-0.2, 0) is 32.7 Å². The maximum atomic E-state index is 4.28. The van der Waals surface area contributed by atoms with Gasteiger partial charge in [0.15, 0.2) is 0 Å². The van der Waals surface area contributed by atoms with Gasteiger partial charge in [-0.1, -0.05) is 65.0 Å². The molecule has 0 amide bonds. The standard InChI is InChI=1S/C15H11N2.Y/c1-11-6-5-9-13-14(11)16-10-17-15(13)12-7-3-2-4-8-12;/h2-9H,1H3;/q-1;. The molecule has 0 saturated carbocycles. The summed E-state index contributed by atoms with van der Waals surface area (Å²) in [4.78, 5) is 8.51. The molecule has 3 aromatic rings. The van der Waals surface area contributed by atoms with E-state index in [0.29, 0.717) is 0 Å². The van der Waals surface area contributed by atoms with Crippen LogP contribution in [0.2, 0.25) is 0 Å². The molecule has 0 fully saturated rings. The first-order valence-electron chi connectivity index (χ1n) is 5.55. The molecule has 2 aromatic carbocycles. The third-order valence-electron chi connectivity index (χ3n) is 2.86. The van der Waals surface area contributed by atoms with E-state index in [1.165, 1.54) is 0 Å². The Morgan fingerprint density at radius 3 is 2.44 bits per heavy atom. The van der Waals surface area contributed by atoms with Gasteiger partial charge in [0.25, 0.3) is 0 Å². The number of benzene rings is 2. The topological polar surface area (TPSA) is 25.8 Å². The SMILES string of the molecule is Cc1cccc2c(-c3ccccc3)n[c-]nc12.[Y]. The molecule has 18 heavy (non-hydrogen) atoms. The quantitative estimate of drug-likeness (QED) is 0.644. The molecule has 0 atom stereocenters. The van der Waals surface area contributed by atoms with E-state index < -0.39 is 0 Å². The van der Waals surface area contributed by atoms with Crippen LogP contribution in [0.25, 0.3) is 22.2 Å². The molecule has 1 heterocycles. The molecule has 2 nitrogen and oxygen atoms in total. The Labute approximate surface area is 131 Å². The fraction of sp³-hybridized carbons (Fsp3) is 0.0667. The van der Waals surface area contributed by atoms with E-state index in [1.54, 1.807) is 0 Å². The van der Waals surface area contributed by atoms with Gasteiger partial charge in [0.05, 0.1) is 0 Å². The van der Waals surface area contributed by atoms with Crippen LogP contribution < -0.4 is 0 Å². The molecule has 0 spiro atoms. The number of hydrogen-bond donors (Lipinski definition) is 0. The molecule has 0 N–H and O–H groups in total. The second-order valence-corrected chi connectivity index (χ2v) is 4.01. The molecule has 0 aliphatic carbocycles. The van der Waals surface area contributed by atoms with E-state index in [-0.39, 0.29) is 32.7 Å². The molecule has 1 radical (unpaired) electrons. The minimum Gasteiger partial charge on any atom is -0.366 e. The Hall–Kier alpha value is -1.12. The Morgan fingerprint density at radius 2 is 1.67 bits per heavy atom. The summed E-state index contributed by atoms with van der Waals surface area (Å²) in [7, 11) is 0. The predicted molar refractivity (Wildman–Crippen MR) is 68.5 cm³/mol. The molecule has 1 aromatic heterocycles. The third-order valence-corrected chi connectivity index (χ3v) is 2.86. The molecule has 85 valence electrons. The molecule has 0 aliphatic rings. The first-order chi connectivity index (χ1) is 8.36. The molecule has 0 saturated heterocycles. The van der Waals surface area contributed by atoms with Gasteiger partial charge in [0.1, 0.15) is 0 Å². The van der Waals surface area contributed by atoms with Crippen molar-refractivity contribution in [2.24, 2.45) is 0 Å². The van der Waals surface area contributed by atoms with Crippen molar-refractivity contribution in [3.63, 3.8) is 0 Å². The van der Waals surface area contributed by atoms with Gasteiger partial charge in [0, 0.05) is 39.0 Å². The van der Waals surface area contributed by atoms with Gasteiger partial charge in [-0.05, 0) is 18.1 Å². The second-order valence-electron chi connectivity index (χ2n) is 4.01. The van der Waals surface area contributed by atoms with E-state index in [9.17, 15) is 0 Å². The molecular weight excluding hydrogens is 297 g/mol. The number of hydrogen-bond acceptors (Lipinski definition) is 2. The first kappa shape index (κ1) is 13.3. The summed E-state index contributed by atoms with van der Waals surface area (Å²) < 4.78 is 0. The molecule has 3 heteroatoms. The molecule has 0 aliphatic heterocycles. The van der Waals surface area contributed by atoms with Crippen LogP contribution in [0, 0.1) is 13.3 Å². The van der Waals surface area contributed by atoms with Crippen molar-refractivity contribution in [3.8, 4) is 11.3 Å². The number of fused-ring (bicyclic) bond motifs is 1. The normalized spacial score (nSPS) is 10.1.